The molecule has 4 heteroatoms. The molecule has 0 aliphatic carbocycles. The predicted molar refractivity (Wildman–Crippen MR) is 72.2 cm³/mol. The average Bonchev–Trinajstić information content (AvgIpc) is 2.39. The molecule has 90 valence electrons. The molecule has 1 aliphatic rings. The van der Waals surface area contributed by atoms with Crippen molar-refractivity contribution in [1.82, 2.24) is 4.31 Å². The molecule has 1 heterocycles. The number of hydrogen-bond acceptors (Lipinski definition) is 2. The summed E-state index contributed by atoms with van der Waals surface area (Å²) in [6.45, 7) is 3.52. The van der Waals surface area contributed by atoms with Crippen LogP contribution in [0.2, 0.25) is 0 Å². The van der Waals surface area contributed by atoms with Crippen LogP contribution in [-0.2, 0) is 11.0 Å². The fourth-order valence-corrected chi connectivity index (χ4v) is 2.65. The summed E-state index contributed by atoms with van der Waals surface area (Å²) in [5.41, 5.74) is 2.09. The van der Waals surface area contributed by atoms with Gasteiger partial charge >= 0.3 is 0 Å². The van der Waals surface area contributed by atoms with Crippen LogP contribution in [0.1, 0.15) is 5.56 Å². The van der Waals surface area contributed by atoms with Crippen LogP contribution in [0.5, 0.6) is 0 Å². The molecule has 2 rings (SSSR count). The van der Waals surface area contributed by atoms with E-state index in [1.807, 2.05) is 28.6 Å². The largest absolute Gasteiger partial charge is 0.369 e. The summed E-state index contributed by atoms with van der Waals surface area (Å²) in [6.07, 6.45) is 7.06. The molecule has 1 saturated heterocycles. The molecule has 1 aromatic rings. The summed E-state index contributed by atoms with van der Waals surface area (Å²) >= 11 is 0. The first-order chi connectivity index (χ1) is 8.20. The maximum atomic E-state index is 11.3. The fourth-order valence-electron chi connectivity index (χ4n) is 1.97. The van der Waals surface area contributed by atoms with E-state index in [1.54, 1.807) is 6.26 Å². The lowest BCUT2D eigenvalue weighted by Crippen LogP contribution is -2.46. The number of terminal acetylenes is 1. The molecule has 1 unspecified atom stereocenters. The van der Waals surface area contributed by atoms with Crippen LogP contribution >= 0.6 is 0 Å². The number of nitrogens with zero attached hydrogens (tertiary/aromatic N) is 2. The van der Waals surface area contributed by atoms with Gasteiger partial charge in [0.05, 0.1) is 11.0 Å². The van der Waals surface area contributed by atoms with Crippen LogP contribution in [0.15, 0.2) is 24.3 Å². The van der Waals surface area contributed by atoms with Gasteiger partial charge in [0, 0.05) is 43.7 Å². The second-order valence-corrected chi connectivity index (χ2v) is 5.40. The van der Waals surface area contributed by atoms with Gasteiger partial charge in [0.2, 0.25) is 0 Å². The van der Waals surface area contributed by atoms with Crippen LogP contribution in [0.3, 0.4) is 0 Å². The van der Waals surface area contributed by atoms with Gasteiger partial charge in [-0.25, -0.2) is 8.51 Å². The van der Waals surface area contributed by atoms with Crippen LogP contribution in [0.4, 0.5) is 5.69 Å². The smallest absolute Gasteiger partial charge is 0.0911 e. The molecule has 1 aliphatic heterocycles. The monoisotopic (exact) mass is 248 g/mol. The van der Waals surface area contributed by atoms with Gasteiger partial charge in [-0.1, -0.05) is 5.92 Å². The number of anilines is 1. The molecular weight excluding hydrogens is 232 g/mol. The van der Waals surface area contributed by atoms with E-state index in [-0.39, 0.29) is 0 Å². The van der Waals surface area contributed by atoms with E-state index >= 15 is 0 Å². The summed E-state index contributed by atoms with van der Waals surface area (Å²) in [5.74, 6) is 2.61. The molecule has 17 heavy (non-hydrogen) atoms. The third-order valence-electron chi connectivity index (χ3n) is 3.00. The SMILES string of the molecule is C#Cc1ccc(N2CCN(S(C)=O)CC2)cc1. The zero-order valence-corrected chi connectivity index (χ0v) is 10.7. The van der Waals surface area contributed by atoms with Crippen LogP contribution in [-0.4, -0.2) is 40.9 Å². The Kier molecular flexibility index (Phi) is 3.82. The Morgan fingerprint density at radius 2 is 1.76 bits per heavy atom. The van der Waals surface area contributed by atoms with Gasteiger partial charge in [0.15, 0.2) is 0 Å². The molecule has 0 amide bonds. The van der Waals surface area contributed by atoms with E-state index in [1.165, 1.54) is 5.69 Å². The maximum Gasteiger partial charge on any atom is 0.0911 e. The summed E-state index contributed by atoms with van der Waals surface area (Å²) < 4.78 is 13.3. The second-order valence-electron chi connectivity index (χ2n) is 4.03. The normalized spacial score (nSPS) is 18.7. The van der Waals surface area contributed by atoms with Crippen molar-refractivity contribution in [2.45, 2.75) is 0 Å². The summed E-state index contributed by atoms with van der Waals surface area (Å²) in [5, 5.41) is 0. The summed E-state index contributed by atoms with van der Waals surface area (Å²) in [4.78, 5) is 2.30. The first-order valence-corrected chi connectivity index (χ1v) is 7.12. The highest BCUT2D eigenvalue weighted by Gasteiger charge is 2.18. The minimum absolute atomic E-state index is 0.847. The lowest BCUT2D eigenvalue weighted by molar-refractivity contribution is 0.412. The Bertz CT molecular complexity index is 441. The Morgan fingerprint density at radius 1 is 1.18 bits per heavy atom. The van der Waals surface area contributed by atoms with Crippen LogP contribution in [0.25, 0.3) is 0 Å². The molecule has 0 spiro atoms. The molecule has 0 N–H and O–H groups in total. The third kappa shape index (κ3) is 2.87. The first-order valence-electron chi connectivity index (χ1n) is 5.61. The quantitative estimate of drug-likeness (QED) is 0.731. The number of piperazine rings is 1. The Labute approximate surface area is 105 Å². The molecule has 1 aromatic carbocycles. The first kappa shape index (κ1) is 12.2. The average molecular weight is 248 g/mol. The lowest BCUT2D eigenvalue weighted by Gasteiger charge is -2.34. The number of rotatable bonds is 2. The zero-order valence-electron chi connectivity index (χ0n) is 9.93. The predicted octanol–water partition coefficient (Wildman–Crippen LogP) is 1.08. The number of hydrogen-bond donors (Lipinski definition) is 0. The fraction of sp³-hybridized carbons (Fsp3) is 0.385. The van der Waals surface area contributed by atoms with Crippen molar-refractivity contribution in [2.75, 3.05) is 37.3 Å². The molecule has 1 fully saturated rings. The van der Waals surface area contributed by atoms with E-state index in [2.05, 4.69) is 10.8 Å². The van der Waals surface area contributed by atoms with E-state index in [0.717, 1.165) is 31.7 Å². The van der Waals surface area contributed by atoms with Gasteiger partial charge in [0.25, 0.3) is 0 Å². The third-order valence-corrected chi connectivity index (χ3v) is 4.09. The van der Waals surface area contributed by atoms with Gasteiger partial charge in [-0.2, -0.15) is 0 Å². The molecular formula is C13H16N2OS. The summed E-state index contributed by atoms with van der Waals surface area (Å²) in [6, 6.07) is 8.01. The topological polar surface area (TPSA) is 23.6 Å². The van der Waals surface area contributed by atoms with E-state index in [9.17, 15) is 4.21 Å². The minimum Gasteiger partial charge on any atom is -0.369 e. The highest BCUT2D eigenvalue weighted by atomic mass is 32.2. The van der Waals surface area contributed by atoms with Crippen molar-refractivity contribution in [3.8, 4) is 12.3 Å². The van der Waals surface area contributed by atoms with Gasteiger partial charge in [-0.3, -0.25) is 0 Å². The van der Waals surface area contributed by atoms with Crippen molar-refractivity contribution >= 4 is 16.7 Å². The Morgan fingerprint density at radius 3 is 2.24 bits per heavy atom. The van der Waals surface area contributed by atoms with Crippen molar-refractivity contribution in [2.24, 2.45) is 0 Å². The van der Waals surface area contributed by atoms with E-state index in [4.69, 9.17) is 6.42 Å². The lowest BCUT2D eigenvalue weighted by atomic mass is 10.2. The van der Waals surface area contributed by atoms with Gasteiger partial charge in [-0.15, -0.1) is 6.42 Å². The molecule has 0 radical (unpaired) electrons. The Hall–Kier alpha value is -1.31. The maximum absolute atomic E-state index is 11.3. The molecule has 0 saturated carbocycles. The van der Waals surface area contributed by atoms with Crippen LogP contribution in [0, 0.1) is 12.3 Å². The van der Waals surface area contributed by atoms with Crippen LogP contribution < -0.4 is 4.90 Å². The highest BCUT2D eigenvalue weighted by molar-refractivity contribution is 7.81. The van der Waals surface area contributed by atoms with Crippen molar-refractivity contribution in [3.63, 3.8) is 0 Å². The standard InChI is InChI=1S/C13H16N2OS/c1-3-12-4-6-13(7-5-12)14-8-10-15(11-9-14)17(2)16/h1,4-7H,8-11H2,2H3. The molecule has 0 aromatic heterocycles. The minimum atomic E-state index is -0.848. The summed E-state index contributed by atoms with van der Waals surface area (Å²) in [7, 11) is -0.848. The molecule has 3 nitrogen and oxygen atoms in total. The Balaban J connectivity index is 2.00. The van der Waals surface area contributed by atoms with Gasteiger partial charge in [-0.05, 0) is 24.3 Å². The van der Waals surface area contributed by atoms with Crippen molar-refractivity contribution in [1.29, 1.82) is 0 Å². The highest BCUT2D eigenvalue weighted by Crippen LogP contribution is 2.17. The molecule has 0 bridgehead atoms. The van der Waals surface area contributed by atoms with Crippen molar-refractivity contribution in [3.05, 3.63) is 29.8 Å². The number of benzene rings is 1. The van der Waals surface area contributed by atoms with Crippen molar-refractivity contribution < 1.29 is 4.21 Å². The van der Waals surface area contributed by atoms with E-state index in [0.29, 0.717) is 0 Å². The van der Waals surface area contributed by atoms with E-state index < -0.39 is 11.0 Å². The molecule has 1 atom stereocenters. The second kappa shape index (κ2) is 5.35. The van der Waals surface area contributed by atoms with Gasteiger partial charge < -0.3 is 4.90 Å². The zero-order chi connectivity index (χ0) is 12.3. The van der Waals surface area contributed by atoms with Gasteiger partial charge in [0.1, 0.15) is 0 Å².